The van der Waals surface area contributed by atoms with E-state index in [4.69, 9.17) is 16.3 Å². The van der Waals surface area contributed by atoms with Gasteiger partial charge in [0.15, 0.2) is 0 Å². The molecule has 0 bridgehead atoms. The fraction of sp³-hybridized carbons (Fsp3) is 0.208. The van der Waals surface area contributed by atoms with Crippen LogP contribution in [0, 0.1) is 5.82 Å². The Labute approximate surface area is 180 Å². The molecule has 0 aromatic heterocycles. The van der Waals surface area contributed by atoms with E-state index in [-0.39, 0.29) is 18.3 Å². The second-order valence-corrected chi connectivity index (χ2v) is 7.61. The van der Waals surface area contributed by atoms with Crippen molar-refractivity contribution in [2.24, 2.45) is 0 Å². The average Bonchev–Trinajstić information content (AvgIpc) is 2.78. The highest BCUT2D eigenvalue weighted by atomic mass is 35.5. The van der Waals surface area contributed by atoms with Crippen LogP contribution in [-0.4, -0.2) is 37.0 Å². The summed E-state index contributed by atoms with van der Waals surface area (Å²) in [6, 6.07) is 21.2. The monoisotopic (exact) mass is 424 g/mol. The third-order valence-corrected chi connectivity index (χ3v) is 5.40. The number of anilines is 1. The Morgan fingerprint density at radius 1 is 0.933 bits per heavy atom. The van der Waals surface area contributed by atoms with Crippen LogP contribution in [0.5, 0.6) is 5.75 Å². The van der Waals surface area contributed by atoms with E-state index in [0.717, 1.165) is 24.3 Å². The lowest BCUT2D eigenvalue weighted by atomic mass is 10.1. The predicted octanol–water partition coefficient (Wildman–Crippen LogP) is 5.02. The minimum atomic E-state index is -0.286. The number of ether oxygens (including phenoxy) is 1. The van der Waals surface area contributed by atoms with E-state index < -0.39 is 0 Å². The smallest absolute Gasteiger partial charge is 0.257 e. The van der Waals surface area contributed by atoms with Crippen LogP contribution < -0.4 is 9.64 Å². The van der Waals surface area contributed by atoms with E-state index in [1.54, 1.807) is 24.3 Å². The first kappa shape index (κ1) is 20.2. The molecule has 1 aliphatic heterocycles. The summed E-state index contributed by atoms with van der Waals surface area (Å²) in [5, 5.41) is 0.707. The van der Waals surface area contributed by atoms with Crippen LogP contribution in [0.2, 0.25) is 5.02 Å². The highest BCUT2D eigenvalue weighted by molar-refractivity contribution is 6.30. The van der Waals surface area contributed by atoms with Crippen molar-refractivity contribution in [2.45, 2.75) is 6.61 Å². The van der Waals surface area contributed by atoms with E-state index in [2.05, 4.69) is 4.90 Å². The number of amides is 1. The summed E-state index contributed by atoms with van der Waals surface area (Å²) in [5.74, 6) is 0.200. The molecule has 4 nitrogen and oxygen atoms in total. The number of halogens is 2. The lowest BCUT2D eigenvalue weighted by molar-refractivity contribution is 0.0742. The molecule has 3 aromatic carbocycles. The number of hydrogen-bond acceptors (Lipinski definition) is 3. The zero-order valence-corrected chi connectivity index (χ0v) is 17.2. The molecule has 0 atom stereocenters. The van der Waals surface area contributed by atoms with Crippen LogP contribution in [0.1, 0.15) is 15.9 Å². The Hall–Kier alpha value is -3.05. The number of piperazine rings is 1. The minimum absolute atomic E-state index is 0.0459. The van der Waals surface area contributed by atoms with Crippen LogP contribution in [-0.2, 0) is 6.61 Å². The third kappa shape index (κ3) is 4.74. The highest BCUT2D eigenvalue weighted by Crippen LogP contribution is 2.24. The molecule has 3 aromatic rings. The van der Waals surface area contributed by atoms with Crippen molar-refractivity contribution in [2.75, 3.05) is 31.1 Å². The molecule has 1 aliphatic rings. The zero-order chi connectivity index (χ0) is 20.9. The molecular weight excluding hydrogens is 403 g/mol. The fourth-order valence-corrected chi connectivity index (χ4v) is 3.71. The van der Waals surface area contributed by atoms with E-state index >= 15 is 0 Å². The van der Waals surface area contributed by atoms with Crippen molar-refractivity contribution in [3.05, 3.63) is 94.8 Å². The summed E-state index contributed by atoms with van der Waals surface area (Å²) >= 11 is 6.10. The number of carbonyl (C=O) groups excluding carboxylic acids is 1. The summed E-state index contributed by atoms with van der Waals surface area (Å²) in [7, 11) is 0. The topological polar surface area (TPSA) is 32.8 Å². The lowest BCUT2D eigenvalue weighted by Gasteiger charge is -2.36. The molecule has 0 radical (unpaired) electrons. The molecule has 1 amide bonds. The van der Waals surface area contributed by atoms with E-state index in [1.807, 2.05) is 41.3 Å². The van der Waals surface area contributed by atoms with Gasteiger partial charge in [0, 0.05) is 36.9 Å². The predicted molar refractivity (Wildman–Crippen MR) is 117 cm³/mol. The first-order valence-corrected chi connectivity index (χ1v) is 10.2. The molecule has 154 valence electrons. The maximum atomic E-state index is 13.1. The van der Waals surface area contributed by atoms with Gasteiger partial charge in [-0.3, -0.25) is 4.79 Å². The summed E-state index contributed by atoms with van der Waals surface area (Å²) in [6.07, 6.45) is 0. The van der Waals surface area contributed by atoms with E-state index in [9.17, 15) is 9.18 Å². The number of benzene rings is 3. The van der Waals surface area contributed by atoms with Gasteiger partial charge in [-0.25, -0.2) is 4.39 Å². The Bertz CT molecular complexity index is 1020. The Morgan fingerprint density at radius 3 is 2.40 bits per heavy atom. The minimum Gasteiger partial charge on any atom is -0.488 e. The van der Waals surface area contributed by atoms with Gasteiger partial charge >= 0.3 is 0 Å². The van der Waals surface area contributed by atoms with Gasteiger partial charge in [0.1, 0.15) is 18.2 Å². The second-order valence-electron chi connectivity index (χ2n) is 7.17. The van der Waals surface area contributed by atoms with Crippen molar-refractivity contribution >= 4 is 23.2 Å². The number of nitrogens with zero attached hydrogens (tertiary/aromatic N) is 2. The summed E-state index contributed by atoms with van der Waals surface area (Å²) in [4.78, 5) is 17.2. The van der Waals surface area contributed by atoms with Gasteiger partial charge < -0.3 is 14.5 Å². The lowest BCUT2D eigenvalue weighted by Crippen LogP contribution is -2.48. The maximum Gasteiger partial charge on any atom is 0.257 e. The number of carbonyl (C=O) groups is 1. The first-order chi connectivity index (χ1) is 14.6. The fourth-order valence-electron chi connectivity index (χ4n) is 3.52. The molecule has 0 saturated carbocycles. The zero-order valence-electron chi connectivity index (χ0n) is 16.4. The third-order valence-electron chi connectivity index (χ3n) is 5.17. The highest BCUT2D eigenvalue weighted by Gasteiger charge is 2.24. The van der Waals surface area contributed by atoms with Crippen LogP contribution >= 0.6 is 11.6 Å². The second kappa shape index (κ2) is 9.18. The molecule has 0 N–H and O–H groups in total. The van der Waals surface area contributed by atoms with Crippen LogP contribution in [0.4, 0.5) is 10.1 Å². The summed E-state index contributed by atoms with van der Waals surface area (Å²) < 4.78 is 19.0. The molecule has 6 heteroatoms. The molecule has 1 saturated heterocycles. The average molecular weight is 425 g/mol. The molecule has 30 heavy (non-hydrogen) atoms. The Balaban J connectivity index is 1.41. The normalized spacial score (nSPS) is 13.9. The standard InChI is InChI=1S/C24H22ClFN2O2/c25-19-4-3-5-21(16-19)27-12-14-28(15-13-27)24(29)22-6-1-2-7-23(22)30-17-18-8-10-20(26)11-9-18/h1-11,16H,12-15,17H2. The van der Waals surface area contributed by atoms with Gasteiger partial charge in [0.2, 0.25) is 0 Å². The van der Waals surface area contributed by atoms with Crippen molar-refractivity contribution in [1.29, 1.82) is 0 Å². The van der Waals surface area contributed by atoms with Crippen LogP contribution in [0.3, 0.4) is 0 Å². The molecule has 0 unspecified atom stereocenters. The van der Waals surface area contributed by atoms with Crippen LogP contribution in [0.25, 0.3) is 0 Å². The van der Waals surface area contributed by atoms with E-state index in [1.165, 1.54) is 12.1 Å². The molecule has 1 fully saturated rings. The van der Waals surface area contributed by atoms with Crippen LogP contribution in [0.15, 0.2) is 72.8 Å². The SMILES string of the molecule is O=C(c1ccccc1OCc1ccc(F)cc1)N1CCN(c2cccc(Cl)c2)CC1. The van der Waals surface area contributed by atoms with E-state index in [0.29, 0.717) is 29.4 Å². The van der Waals surface area contributed by atoms with Gasteiger partial charge in [-0.05, 0) is 48.0 Å². The largest absolute Gasteiger partial charge is 0.488 e. The first-order valence-electron chi connectivity index (χ1n) is 9.86. The maximum absolute atomic E-state index is 13.1. The molecular formula is C24H22ClFN2O2. The summed E-state index contributed by atoms with van der Waals surface area (Å²) in [5.41, 5.74) is 2.45. The number of hydrogen-bond donors (Lipinski definition) is 0. The van der Waals surface area contributed by atoms with Gasteiger partial charge in [-0.2, -0.15) is 0 Å². The summed E-state index contributed by atoms with van der Waals surface area (Å²) in [6.45, 7) is 3.00. The molecule has 1 heterocycles. The molecule has 0 spiro atoms. The Kier molecular flexibility index (Phi) is 6.19. The molecule has 4 rings (SSSR count). The van der Waals surface area contributed by atoms with Gasteiger partial charge in [-0.1, -0.05) is 41.9 Å². The van der Waals surface area contributed by atoms with Gasteiger partial charge in [0.25, 0.3) is 5.91 Å². The van der Waals surface area contributed by atoms with Gasteiger partial charge in [-0.15, -0.1) is 0 Å². The van der Waals surface area contributed by atoms with Crippen molar-refractivity contribution < 1.29 is 13.9 Å². The van der Waals surface area contributed by atoms with Crippen molar-refractivity contribution in [1.82, 2.24) is 4.90 Å². The number of rotatable bonds is 5. The quantitative estimate of drug-likeness (QED) is 0.576. The number of para-hydroxylation sites is 1. The molecule has 0 aliphatic carbocycles. The van der Waals surface area contributed by atoms with Crippen molar-refractivity contribution in [3.63, 3.8) is 0 Å². The van der Waals surface area contributed by atoms with Crippen molar-refractivity contribution in [3.8, 4) is 5.75 Å². The van der Waals surface area contributed by atoms with Gasteiger partial charge in [0.05, 0.1) is 5.56 Å². The Morgan fingerprint density at radius 2 is 1.67 bits per heavy atom.